The van der Waals surface area contributed by atoms with Crippen LogP contribution < -0.4 is 4.74 Å². The Kier molecular flexibility index (Phi) is 8.36. The summed E-state index contributed by atoms with van der Waals surface area (Å²) in [5, 5.41) is 14.2. The molecule has 11 nitrogen and oxygen atoms in total. The maximum Gasteiger partial charge on any atom is 0.290 e. The lowest BCUT2D eigenvalue weighted by molar-refractivity contribution is -0.122. The van der Waals surface area contributed by atoms with E-state index in [1.165, 1.54) is 0 Å². The third-order valence-electron chi connectivity index (χ3n) is 5.81. The van der Waals surface area contributed by atoms with Crippen LogP contribution in [-0.4, -0.2) is 99.1 Å². The highest BCUT2D eigenvalue weighted by atomic mass is 16.5. The molecule has 0 radical (unpaired) electrons. The second-order valence-corrected chi connectivity index (χ2v) is 7.63. The van der Waals surface area contributed by atoms with Crippen LogP contribution in [0.15, 0.2) is 18.3 Å². The van der Waals surface area contributed by atoms with Crippen molar-refractivity contribution < 1.29 is 24.2 Å². The highest BCUT2D eigenvalue weighted by Gasteiger charge is 2.31. The Labute approximate surface area is 192 Å². The highest BCUT2D eigenvalue weighted by Crippen LogP contribution is 2.25. The van der Waals surface area contributed by atoms with E-state index < -0.39 is 0 Å². The van der Waals surface area contributed by atoms with Crippen LogP contribution in [0.25, 0.3) is 0 Å². The van der Waals surface area contributed by atoms with E-state index in [1.54, 1.807) is 23.2 Å². The molecule has 0 unspecified atom stereocenters. The summed E-state index contributed by atoms with van der Waals surface area (Å²) in [7, 11) is 0. The number of likely N-dealkylation sites (N-methyl/N-ethyl adjacent to an activating group) is 1. The number of carbonyl (C=O) groups excluding carboxylic acids is 2. The van der Waals surface area contributed by atoms with E-state index in [-0.39, 0.29) is 18.3 Å². The predicted octanol–water partition coefficient (Wildman–Crippen LogP) is 0.880. The van der Waals surface area contributed by atoms with Crippen LogP contribution in [0.1, 0.15) is 46.0 Å². The zero-order chi connectivity index (χ0) is 23.8. The number of rotatable bonds is 5. The Morgan fingerprint density at radius 2 is 1.88 bits per heavy atom. The molecule has 1 fully saturated rings. The number of hydrogen-bond acceptors (Lipinski definition) is 7. The van der Waals surface area contributed by atoms with Gasteiger partial charge in [-0.3, -0.25) is 19.5 Å². The van der Waals surface area contributed by atoms with Gasteiger partial charge in [0.15, 0.2) is 5.69 Å². The number of nitrogens with one attached hydrogen (secondary N) is 1. The maximum atomic E-state index is 13.0. The zero-order valence-corrected chi connectivity index (χ0v) is 19.0. The van der Waals surface area contributed by atoms with E-state index in [4.69, 9.17) is 14.6 Å². The van der Waals surface area contributed by atoms with Gasteiger partial charge in [0, 0.05) is 44.5 Å². The lowest BCUT2D eigenvalue weighted by Crippen LogP contribution is -2.48. The molecule has 2 N–H and O–H groups in total. The molecule has 2 aromatic heterocycles. The van der Waals surface area contributed by atoms with Crippen LogP contribution in [0.3, 0.4) is 0 Å². The molecule has 0 aromatic carbocycles. The molecule has 178 valence electrons. The van der Waals surface area contributed by atoms with Crippen molar-refractivity contribution in [3.05, 3.63) is 40.8 Å². The summed E-state index contributed by atoms with van der Waals surface area (Å²) in [6, 6.07) is 3.46. The van der Waals surface area contributed by atoms with Crippen molar-refractivity contribution in [2.45, 2.75) is 26.8 Å². The van der Waals surface area contributed by atoms with Gasteiger partial charge in [0.25, 0.3) is 18.3 Å². The number of carboxylic acid groups (broad SMARTS) is 1. The number of fused-ring (bicyclic) bond motifs is 1. The smallest absolute Gasteiger partial charge is 0.290 e. The third-order valence-corrected chi connectivity index (χ3v) is 5.81. The number of piperazine rings is 1. The summed E-state index contributed by atoms with van der Waals surface area (Å²) < 4.78 is 5.50. The van der Waals surface area contributed by atoms with Crippen molar-refractivity contribution in [2.24, 2.45) is 0 Å². The Balaban J connectivity index is 0.000000968. The lowest BCUT2D eigenvalue weighted by Gasteiger charge is -2.34. The fraction of sp³-hybridized carbons (Fsp3) is 0.500. The van der Waals surface area contributed by atoms with Gasteiger partial charge in [0.1, 0.15) is 5.56 Å². The van der Waals surface area contributed by atoms with E-state index in [0.717, 1.165) is 44.0 Å². The van der Waals surface area contributed by atoms with Crippen molar-refractivity contribution in [3.63, 3.8) is 0 Å². The normalized spacial score (nSPS) is 15.8. The molecule has 0 spiro atoms. The minimum atomic E-state index is -0.250. The Hall–Kier alpha value is -3.47. The van der Waals surface area contributed by atoms with Gasteiger partial charge in [0.05, 0.1) is 18.8 Å². The van der Waals surface area contributed by atoms with E-state index in [9.17, 15) is 9.59 Å². The van der Waals surface area contributed by atoms with E-state index >= 15 is 0 Å². The number of aromatic amines is 1. The van der Waals surface area contributed by atoms with E-state index in [2.05, 4.69) is 27.0 Å². The lowest BCUT2D eigenvalue weighted by atomic mass is 10.0. The van der Waals surface area contributed by atoms with Gasteiger partial charge in [0.2, 0.25) is 5.88 Å². The summed E-state index contributed by atoms with van der Waals surface area (Å²) >= 11 is 0. The first-order valence-electron chi connectivity index (χ1n) is 11.1. The Morgan fingerprint density at radius 1 is 1.15 bits per heavy atom. The number of ether oxygens (including phenoxy) is 1. The molecular formula is C22H30N6O5. The first-order valence-corrected chi connectivity index (χ1v) is 11.1. The molecule has 0 aliphatic carbocycles. The average Bonchev–Trinajstić information content (AvgIpc) is 3.27. The molecule has 2 aromatic rings. The van der Waals surface area contributed by atoms with Crippen LogP contribution in [-0.2, 0) is 17.8 Å². The molecule has 4 rings (SSSR count). The summed E-state index contributed by atoms with van der Waals surface area (Å²) in [4.78, 5) is 44.5. The van der Waals surface area contributed by atoms with Gasteiger partial charge in [-0.15, -0.1) is 0 Å². The molecular weight excluding hydrogens is 428 g/mol. The molecule has 2 aliphatic heterocycles. The highest BCUT2D eigenvalue weighted by molar-refractivity contribution is 5.97. The molecule has 0 saturated carbocycles. The summed E-state index contributed by atoms with van der Waals surface area (Å²) in [5.74, 6) is 0.201. The maximum absolute atomic E-state index is 13.0. The topological polar surface area (TPSA) is 132 Å². The van der Waals surface area contributed by atoms with Gasteiger partial charge in [-0.2, -0.15) is 5.10 Å². The van der Waals surface area contributed by atoms with Crippen LogP contribution >= 0.6 is 0 Å². The monoisotopic (exact) mass is 458 g/mol. The van der Waals surface area contributed by atoms with Gasteiger partial charge in [-0.1, -0.05) is 6.92 Å². The van der Waals surface area contributed by atoms with Gasteiger partial charge >= 0.3 is 0 Å². The standard InChI is InChI=1S/C21H28N6O3.CH2O2/c1-3-25-10-12-26(13-11-25)21(29)18-15-7-9-27(14-17(15)23-24-18)20(28)16-6-5-8-22-19(16)30-4-2;2-1-3/h5-6,8H,3-4,7,9-14H2,1-2H3,(H,23,24);1H,(H,2,3). The first-order chi connectivity index (χ1) is 16.0. The molecule has 1 saturated heterocycles. The Morgan fingerprint density at radius 3 is 2.55 bits per heavy atom. The molecule has 11 heteroatoms. The number of amides is 2. The van der Waals surface area contributed by atoms with Crippen LogP contribution in [0.4, 0.5) is 0 Å². The molecule has 0 bridgehead atoms. The van der Waals surface area contributed by atoms with Crippen molar-refractivity contribution in [2.75, 3.05) is 45.9 Å². The summed E-state index contributed by atoms with van der Waals surface area (Å²) in [5.41, 5.74) is 2.70. The number of nitrogens with zero attached hydrogens (tertiary/aromatic N) is 5. The number of H-pyrrole nitrogens is 1. The largest absolute Gasteiger partial charge is 0.483 e. The number of carbonyl (C=O) groups is 3. The second-order valence-electron chi connectivity index (χ2n) is 7.63. The van der Waals surface area contributed by atoms with Crippen molar-refractivity contribution >= 4 is 18.3 Å². The number of hydrogen-bond donors (Lipinski definition) is 2. The SMILES string of the molecule is CCOc1ncccc1C(=O)N1CCc2c(C(=O)N3CCN(CC)CC3)n[nH]c2C1.O=CO. The van der Waals surface area contributed by atoms with Crippen LogP contribution in [0.5, 0.6) is 5.88 Å². The van der Waals surface area contributed by atoms with Crippen molar-refractivity contribution in [1.82, 2.24) is 29.9 Å². The summed E-state index contributed by atoms with van der Waals surface area (Å²) in [6.45, 7) is 9.34. The van der Waals surface area contributed by atoms with Gasteiger partial charge in [-0.25, -0.2) is 4.98 Å². The molecule has 2 amide bonds. The minimum Gasteiger partial charge on any atom is -0.483 e. The number of pyridine rings is 1. The zero-order valence-electron chi connectivity index (χ0n) is 19.0. The first kappa shape index (κ1) is 24.2. The van der Waals surface area contributed by atoms with Crippen LogP contribution in [0.2, 0.25) is 0 Å². The second kappa shape index (κ2) is 11.4. The van der Waals surface area contributed by atoms with E-state index in [0.29, 0.717) is 43.3 Å². The predicted molar refractivity (Wildman–Crippen MR) is 119 cm³/mol. The minimum absolute atomic E-state index is 0.0195. The van der Waals surface area contributed by atoms with Crippen LogP contribution in [0, 0.1) is 0 Å². The fourth-order valence-electron chi connectivity index (χ4n) is 4.06. The van der Waals surface area contributed by atoms with Gasteiger partial charge < -0.3 is 24.5 Å². The average molecular weight is 459 g/mol. The summed E-state index contributed by atoms with van der Waals surface area (Å²) in [6.07, 6.45) is 2.21. The fourth-order valence-corrected chi connectivity index (χ4v) is 4.06. The van der Waals surface area contributed by atoms with Gasteiger partial charge in [-0.05, 0) is 32.0 Å². The van der Waals surface area contributed by atoms with Crippen molar-refractivity contribution in [1.29, 1.82) is 0 Å². The molecule has 33 heavy (non-hydrogen) atoms. The molecule has 2 aliphatic rings. The third kappa shape index (κ3) is 5.48. The van der Waals surface area contributed by atoms with E-state index in [1.807, 2.05) is 11.8 Å². The Bertz CT molecular complexity index is 970. The van der Waals surface area contributed by atoms with Crippen molar-refractivity contribution in [3.8, 4) is 5.88 Å². The molecule has 4 heterocycles. The number of aromatic nitrogens is 3. The molecule has 0 atom stereocenters. The quantitative estimate of drug-likeness (QED) is 0.631.